The molecule has 6 rings (SSSR count). The van der Waals surface area contributed by atoms with Crippen molar-refractivity contribution in [2.24, 2.45) is 11.8 Å². The van der Waals surface area contributed by atoms with E-state index >= 15 is 0 Å². The molecule has 272 valence electrons. The number of benzene rings is 4. The van der Waals surface area contributed by atoms with Crippen LogP contribution in [0.3, 0.4) is 0 Å². The summed E-state index contributed by atoms with van der Waals surface area (Å²) in [6.45, 7) is 9.89. The van der Waals surface area contributed by atoms with Gasteiger partial charge >= 0.3 is 0 Å². The molecule has 4 aromatic carbocycles. The molecule has 2 aliphatic heterocycles. The van der Waals surface area contributed by atoms with Gasteiger partial charge in [-0.25, -0.2) is 9.80 Å². The number of rotatable bonds is 16. The van der Waals surface area contributed by atoms with Crippen molar-refractivity contribution in [2.75, 3.05) is 23.0 Å². The highest BCUT2D eigenvalue weighted by atomic mass is 79.9. The topological polar surface area (TPSA) is 93.2 Å². The van der Waals surface area contributed by atoms with Gasteiger partial charge in [-0.05, 0) is 117 Å². The van der Waals surface area contributed by atoms with Crippen LogP contribution in [-0.4, -0.2) is 36.8 Å². The number of carbonyl (C=O) groups excluding carboxylic acids is 4. The third-order valence-corrected chi connectivity index (χ3v) is 11.5. The van der Waals surface area contributed by atoms with Crippen LogP contribution in [0.2, 0.25) is 0 Å². The third kappa shape index (κ3) is 7.16. The third-order valence-electron chi connectivity index (χ3n) is 10.3. The Morgan fingerprint density at radius 1 is 0.558 bits per heavy atom. The van der Waals surface area contributed by atoms with Crippen molar-refractivity contribution < 1.29 is 28.7 Å². The number of imide groups is 2. The highest BCUT2D eigenvalue weighted by molar-refractivity contribution is 9.10. The molecule has 0 radical (unpaired) electrons. The number of nitrogens with zero attached hydrogens (tertiary/aromatic N) is 2. The van der Waals surface area contributed by atoms with Crippen molar-refractivity contribution in [3.05, 3.63) is 91.9 Å². The lowest BCUT2D eigenvalue weighted by atomic mass is 9.85. The molecule has 10 heteroatoms. The molecule has 0 aliphatic carbocycles. The lowest BCUT2D eigenvalue weighted by molar-refractivity contribution is 0.0872. The monoisotopic (exact) mass is 830 g/mol. The minimum absolute atomic E-state index is 0.212. The summed E-state index contributed by atoms with van der Waals surface area (Å²) in [6.07, 6.45) is 8.88. The zero-order valence-electron chi connectivity index (χ0n) is 30.1. The van der Waals surface area contributed by atoms with Crippen molar-refractivity contribution in [3.8, 4) is 11.5 Å². The summed E-state index contributed by atoms with van der Waals surface area (Å²) in [5, 5.41) is 0.565. The maximum Gasteiger partial charge on any atom is 0.267 e. The Morgan fingerprint density at radius 3 is 1.25 bits per heavy atom. The fourth-order valence-corrected chi connectivity index (χ4v) is 8.24. The number of hydrogen-bond acceptors (Lipinski definition) is 6. The molecule has 0 aromatic heterocycles. The molecule has 0 saturated carbocycles. The minimum Gasteiger partial charge on any atom is -0.493 e. The number of ether oxygens (including phenoxy) is 2. The molecule has 0 saturated heterocycles. The number of carbonyl (C=O) groups is 4. The number of anilines is 2. The second-order valence-corrected chi connectivity index (χ2v) is 15.4. The Balaban J connectivity index is 1.29. The molecule has 2 heterocycles. The van der Waals surface area contributed by atoms with E-state index < -0.39 is 23.6 Å². The fraction of sp³-hybridized carbons (Fsp3) is 0.381. The van der Waals surface area contributed by atoms with Crippen LogP contribution >= 0.6 is 31.9 Å². The second kappa shape index (κ2) is 16.3. The van der Waals surface area contributed by atoms with Gasteiger partial charge in [0.05, 0.1) is 46.8 Å². The van der Waals surface area contributed by atoms with Crippen LogP contribution in [0.5, 0.6) is 11.5 Å². The summed E-state index contributed by atoms with van der Waals surface area (Å²) in [4.78, 5) is 58.9. The molecular formula is C42H44Br2N2O6. The number of halogens is 2. The van der Waals surface area contributed by atoms with Crippen LogP contribution in [0, 0.1) is 11.8 Å². The average molecular weight is 833 g/mol. The van der Waals surface area contributed by atoms with Crippen molar-refractivity contribution in [1.29, 1.82) is 0 Å². The van der Waals surface area contributed by atoms with Gasteiger partial charge in [0, 0.05) is 19.7 Å². The second-order valence-electron chi connectivity index (χ2n) is 13.6. The highest BCUT2D eigenvalue weighted by Gasteiger charge is 2.43. The van der Waals surface area contributed by atoms with Crippen LogP contribution in [0.1, 0.15) is 120 Å². The Morgan fingerprint density at radius 2 is 0.923 bits per heavy atom. The molecule has 2 unspecified atom stereocenters. The Kier molecular flexibility index (Phi) is 11.9. The van der Waals surface area contributed by atoms with Gasteiger partial charge in [-0.2, -0.15) is 0 Å². The van der Waals surface area contributed by atoms with E-state index in [4.69, 9.17) is 9.47 Å². The van der Waals surface area contributed by atoms with Gasteiger partial charge in [-0.3, -0.25) is 19.2 Å². The summed E-state index contributed by atoms with van der Waals surface area (Å²) >= 11 is 7.10. The number of amides is 4. The summed E-state index contributed by atoms with van der Waals surface area (Å²) in [5.74, 6) is 0.0391. The van der Waals surface area contributed by atoms with Crippen LogP contribution in [0.15, 0.2) is 69.6 Å². The molecule has 4 aromatic rings. The lowest BCUT2D eigenvalue weighted by Crippen LogP contribution is -2.44. The van der Waals surface area contributed by atoms with Gasteiger partial charge in [0.15, 0.2) is 0 Å². The van der Waals surface area contributed by atoms with Gasteiger partial charge in [-0.1, -0.05) is 66.2 Å². The van der Waals surface area contributed by atoms with E-state index in [9.17, 15) is 19.2 Å². The maximum atomic E-state index is 14.2. The van der Waals surface area contributed by atoms with Gasteiger partial charge in [0.2, 0.25) is 0 Å². The zero-order chi connectivity index (χ0) is 37.1. The van der Waals surface area contributed by atoms with Crippen LogP contribution in [0.25, 0.3) is 10.8 Å². The molecule has 2 aliphatic rings. The summed E-state index contributed by atoms with van der Waals surface area (Å²) < 4.78 is 12.8. The molecule has 0 bridgehead atoms. The molecule has 8 nitrogen and oxygen atoms in total. The first kappa shape index (κ1) is 37.7. The van der Waals surface area contributed by atoms with E-state index in [-0.39, 0.29) is 33.0 Å². The standard InChI is InChI=1S/C42H44Br2N2O6/c1-5-9-11-25(7-3)23-51-29-17-13-27(14-18-29)45-39(47)31-21-34(44)38-36-32(22-33(43)37(35(31)36)41(45)49)40(48)46(42(38)50)28-15-19-30(20-16-28)52-24-26(8-4)12-10-6-2/h13-22,25-26H,5-12,23-24H2,1-4H3. The Hall–Kier alpha value is -4.02. The molecular weight excluding hydrogens is 788 g/mol. The Labute approximate surface area is 322 Å². The fourth-order valence-electron chi connectivity index (χ4n) is 7.05. The summed E-state index contributed by atoms with van der Waals surface area (Å²) in [5.41, 5.74) is 1.63. The highest BCUT2D eigenvalue weighted by Crippen LogP contribution is 2.45. The van der Waals surface area contributed by atoms with Crippen molar-refractivity contribution >= 4 is 77.6 Å². The normalized spacial score (nSPS) is 15.0. The van der Waals surface area contributed by atoms with Crippen molar-refractivity contribution in [1.82, 2.24) is 0 Å². The zero-order valence-corrected chi connectivity index (χ0v) is 33.3. The minimum atomic E-state index is -0.554. The summed E-state index contributed by atoms with van der Waals surface area (Å²) in [7, 11) is 0. The van der Waals surface area contributed by atoms with E-state index in [0.717, 1.165) is 61.2 Å². The van der Waals surface area contributed by atoms with E-state index in [1.165, 1.54) is 0 Å². The van der Waals surface area contributed by atoms with Gasteiger partial charge in [0.1, 0.15) is 11.5 Å². The molecule has 0 spiro atoms. The molecule has 52 heavy (non-hydrogen) atoms. The van der Waals surface area contributed by atoms with E-state index in [2.05, 4.69) is 59.6 Å². The predicted octanol–water partition coefficient (Wildman–Crippen LogP) is 11.2. The molecule has 2 atom stereocenters. The average Bonchev–Trinajstić information content (AvgIpc) is 3.14. The van der Waals surface area contributed by atoms with E-state index in [1.54, 1.807) is 60.7 Å². The predicted molar refractivity (Wildman–Crippen MR) is 212 cm³/mol. The number of unbranched alkanes of at least 4 members (excludes halogenated alkanes) is 2. The Bertz CT molecular complexity index is 1870. The first-order valence-corrected chi connectivity index (χ1v) is 19.9. The SMILES string of the molecule is CCCCC(CC)COc1ccc(N2C(=O)c3cc(Br)c4c5c(cc(Br)c(c35)C2=O)C(=O)N(c2ccc(OCC(CC)CCCC)cc2)C4=O)cc1. The first-order valence-electron chi connectivity index (χ1n) is 18.3. The molecule has 4 amide bonds. The largest absolute Gasteiger partial charge is 0.493 e. The van der Waals surface area contributed by atoms with Crippen molar-refractivity contribution in [3.63, 3.8) is 0 Å². The maximum absolute atomic E-state index is 14.2. The van der Waals surface area contributed by atoms with Crippen LogP contribution in [0.4, 0.5) is 11.4 Å². The van der Waals surface area contributed by atoms with Crippen LogP contribution < -0.4 is 19.3 Å². The first-order chi connectivity index (χ1) is 25.1. The molecule has 0 N–H and O–H groups in total. The lowest BCUT2D eigenvalue weighted by Gasteiger charge is -2.33. The van der Waals surface area contributed by atoms with E-state index in [0.29, 0.717) is 56.9 Å². The smallest absolute Gasteiger partial charge is 0.267 e. The van der Waals surface area contributed by atoms with E-state index in [1.807, 2.05) is 0 Å². The van der Waals surface area contributed by atoms with Crippen molar-refractivity contribution in [2.45, 2.75) is 79.1 Å². The summed E-state index contributed by atoms with van der Waals surface area (Å²) in [6, 6.07) is 17.0. The van der Waals surface area contributed by atoms with Gasteiger partial charge in [-0.15, -0.1) is 0 Å². The van der Waals surface area contributed by atoms with Gasteiger partial charge < -0.3 is 9.47 Å². The number of hydrogen-bond donors (Lipinski definition) is 0. The molecule has 0 fully saturated rings. The van der Waals surface area contributed by atoms with Crippen LogP contribution in [-0.2, 0) is 0 Å². The quantitative estimate of drug-likeness (QED) is 0.104. The van der Waals surface area contributed by atoms with Gasteiger partial charge in [0.25, 0.3) is 23.6 Å².